The van der Waals surface area contributed by atoms with Gasteiger partial charge >= 0.3 is 0 Å². The zero-order valence-electron chi connectivity index (χ0n) is 12.4. The normalized spacial score (nSPS) is 19.7. The molecule has 3 rings (SSSR count). The van der Waals surface area contributed by atoms with Crippen LogP contribution in [0.5, 0.6) is 0 Å². The SMILES string of the molecule is O=S(=O)(c1ccccc1)N1CCCC(Nc2ccccc2)C1. The Morgan fingerprint density at radius 2 is 1.59 bits per heavy atom. The largest absolute Gasteiger partial charge is 0.381 e. The summed E-state index contributed by atoms with van der Waals surface area (Å²) in [4.78, 5) is 0.371. The summed E-state index contributed by atoms with van der Waals surface area (Å²) in [6, 6.07) is 18.7. The van der Waals surface area contributed by atoms with Crippen LogP contribution >= 0.6 is 0 Å². The molecule has 1 aliphatic heterocycles. The second kappa shape index (κ2) is 6.50. The van der Waals surface area contributed by atoms with Gasteiger partial charge in [0, 0.05) is 24.8 Å². The van der Waals surface area contributed by atoms with E-state index in [1.54, 1.807) is 28.6 Å². The summed E-state index contributed by atoms with van der Waals surface area (Å²) >= 11 is 0. The fraction of sp³-hybridized carbons (Fsp3) is 0.294. The lowest BCUT2D eigenvalue weighted by Gasteiger charge is -2.32. The van der Waals surface area contributed by atoms with Crippen LogP contribution in [0.1, 0.15) is 12.8 Å². The summed E-state index contributed by atoms with van der Waals surface area (Å²) in [7, 11) is -3.39. The first-order valence-electron chi connectivity index (χ1n) is 7.53. The van der Waals surface area contributed by atoms with Gasteiger partial charge in [-0.05, 0) is 37.1 Å². The maximum atomic E-state index is 12.7. The Morgan fingerprint density at radius 3 is 2.27 bits per heavy atom. The Kier molecular flexibility index (Phi) is 4.45. The van der Waals surface area contributed by atoms with E-state index in [1.807, 2.05) is 36.4 Å². The van der Waals surface area contributed by atoms with Gasteiger partial charge in [0.25, 0.3) is 0 Å². The topological polar surface area (TPSA) is 49.4 Å². The van der Waals surface area contributed by atoms with Gasteiger partial charge < -0.3 is 5.32 Å². The molecule has 1 aliphatic rings. The zero-order chi connectivity index (χ0) is 15.4. The molecule has 5 heteroatoms. The third-order valence-corrected chi connectivity index (χ3v) is 5.79. The first-order chi connectivity index (χ1) is 10.7. The lowest BCUT2D eigenvalue weighted by atomic mass is 10.1. The van der Waals surface area contributed by atoms with Crippen LogP contribution in [0, 0.1) is 0 Å². The van der Waals surface area contributed by atoms with Gasteiger partial charge in [-0.1, -0.05) is 36.4 Å². The highest BCUT2D eigenvalue weighted by Gasteiger charge is 2.29. The summed E-state index contributed by atoms with van der Waals surface area (Å²) in [5.74, 6) is 0. The Morgan fingerprint density at radius 1 is 0.955 bits per heavy atom. The first kappa shape index (κ1) is 15.1. The molecule has 0 spiro atoms. The van der Waals surface area contributed by atoms with Gasteiger partial charge in [0.15, 0.2) is 0 Å². The molecule has 1 N–H and O–H groups in total. The van der Waals surface area contributed by atoms with Crippen molar-refractivity contribution in [3.05, 3.63) is 60.7 Å². The van der Waals surface area contributed by atoms with E-state index in [1.165, 1.54) is 0 Å². The number of sulfonamides is 1. The number of anilines is 1. The minimum atomic E-state index is -3.39. The molecule has 2 aromatic rings. The smallest absolute Gasteiger partial charge is 0.243 e. The number of hydrogen-bond donors (Lipinski definition) is 1. The molecule has 1 atom stereocenters. The Hall–Kier alpha value is -1.85. The number of nitrogens with one attached hydrogen (secondary N) is 1. The van der Waals surface area contributed by atoms with Gasteiger partial charge in [-0.25, -0.2) is 8.42 Å². The average molecular weight is 316 g/mol. The summed E-state index contributed by atoms with van der Waals surface area (Å²) in [6.07, 6.45) is 1.85. The fourth-order valence-corrected chi connectivity index (χ4v) is 4.34. The predicted octanol–water partition coefficient (Wildman–Crippen LogP) is 2.95. The van der Waals surface area contributed by atoms with Gasteiger partial charge in [0.1, 0.15) is 0 Å². The fourth-order valence-electron chi connectivity index (χ4n) is 2.79. The van der Waals surface area contributed by atoms with E-state index in [0.717, 1.165) is 18.5 Å². The molecule has 2 aromatic carbocycles. The van der Waals surface area contributed by atoms with Crippen molar-refractivity contribution in [2.75, 3.05) is 18.4 Å². The van der Waals surface area contributed by atoms with Crippen molar-refractivity contribution in [3.8, 4) is 0 Å². The number of para-hydroxylation sites is 1. The molecule has 1 heterocycles. The van der Waals surface area contributed by atoms with Crippen LogP contribution in [-0.4, -0.2) is 31.9 Å². The standard InChI is InChI=1S/C17H20N2O2S/c20-22(21,17-11-5-2-6-12-17)19-13-7-10-16(14-19)18-15-8-3-1-4-9-15/h1-6,8-9,11-12,16,18H,7,10,13-14H2. The van der Waals surface area contributed by atoms with E-state index < -0.39 is 10.0 Å². The van der Waals surface area contributed by atoms with Gasteiger partial charge in [-0.3, -0.25) is 0 Å². The molecule has 1 unspecified atom stereocenters. The third kappa shape index (κ3) is 3.31. The van der Waals surface area contributed by atoms with Crippen LogP contribution in [0.4, 0.5) is 5.69 Å². The van der Waals surface area contributed by atoms with E-state index >= 15 is 0 Å². The van der Waals surface area contributed by atoms with Crippen molar-refractivity contribution in [1.82, 2.24) is 4.31 Å². The number of hydrogen-bond acceptors (Lipinski definition) is 3. The van der Waals surface area contributed by atoms with Crippen molar-refractivity contribution in [2.24, 2.45) is 0 Å². The zero-order valence-corrected chi connectivity index (χ0v) is 13.2. The van der Waals surface area contributed by atoms with Crippen molar-refractivity contribution in [1.29, 1.82) is 0 Å². The molecule has 0 aliphatic carbocycles. The maximum absolute atomic E-state index is 12.7. The molecular formula is C17H20N2O2S. The molecule has 0 aromatic heterocycles. The van der Waals surface area contributed by atoms with Gasteiger partial charge in [-0.2, -0.15) is 4.31 Å². The van der Waals surface area contributed by atoms with E-state index in [0.29, 0.717) is 18.0 Å². The number of benzene rings is 2. The van der Waals surface area contributed by atoms with Crippen LogP contribution in [0.3, 0.4) is 0 Å². The minimum Gasteiger partial charge on any atom is -0.381 e. The number of nitrogens with zero attached hydrogens (tertiary/aromatic N) is 1. The lowest BCUT2D eigenvalue weighted by molar-refractivity contribution is 0.327. The van der Waals surface area contributed by atoms with E-state index in [-0.39, 0.29) is 6.04 Å². The van der Waals surface area contributed by atoms with Crippen molar-refractivity contribution < 1.29 is 8.42 Å². The van der Waals surface area contributed by atoms with Gasteiger partial charge in [0.2, 0.25) is 10.0 Å². The molecule has 1 saturated heterocycles. The Bertz CT molecular complexity index is 702. The monoisotopic (exact) mass is 316 g/mol. The highest BCUT2D eigenvalue weighted by atomic mass is 32.2. The molecule has 116 valence electrons. The quantitative estimate of drug-likeness (QED) is 0.943. The Balaban J connectivity index is 1.73. The summed E-state index contributed by atoms with van der Waals surface area (Å²) in [6.45, 7) is 1.09. The summed E-state index contributed by atoms with van der Waals surface area (Å²) < 4.78 is 27.0. The second-order valence-corrected chi connectivity index (χ2v) is 7.46. The molecule has 0 amide bonds. The molecule has 0 radical (unpaired) electrons. The maximum Gasteiger partial charge on any atom is 0.243 e. The van der Waals surface area contributed by atoms with Gasteiger partial charge in [0.05, 0.1) is 4.90 Å². The second-order valence-electron chi connectivity index (χ2n) is 5.53. The average Bonchev–Trinajstić information content (AvgIpc) is 2.57. The van der Waals surface area contributed by atoms with Crippen LogP contribution < -0.4 is 5.32 Å². The molecule has 4 nitrogen and oxygen atoms in total. The van der Waals surface area contributed by atoms with Crippen molar-refractivity contribution >= 4 is 15.7 Å². The van der Waals surface area contributed by atoms with Crippen molar-refractivity contribution in [2.45, 2.75) is 23.8 Å². The number of piperidine rings is 1. The van der Waals surface area contributed by atoms with Crippen LogP contribution in [0.2, 0.25) is 0 Å². The molecule has 0 saturated carbocycles. The van der Waals surface area contributed by atoms with E-state index in [9.17, 15) is 8.42 Å². The molecule has 1 fully saturated rings. The summed E-state index contributed by atoms with van der Waals surface area (Å²) in [5.41, 5.74) is 1.03. The molecular weight excluding hydrogens is 296 g/mol. The minimum absolute atomic E-state index is 0.148. The van der Waals surface area contributed by atoms with E-state index in [2.05, 4.69) is 5.32 Å². The van der Waals surface area contributed by atoms with Crippen molar-refractivity contribution in [3.63, 3.8) is 0 Å². The first-order valence-corrected chi connectivity index (χ1v) is 8.97. The third-order valence-electron chi connectivity index (χ3n) is 3.91. The number of rotatable bonds is 4. The van der Waals surface area contributed by atoms with Crippen LogP contribution in [0.25, 0.3) is 0 Å². The van der Waals surface area contributed by atoms with E-state index in [4.69, 9.17) is 0 Å². The van der Waals surface area contributed by atoms with Gasteiger partial charge in [-0.15, -0.1) is 0 Å². The van der Waals surface area contributed by atoms with Crippen LogP contribution in [0.15, 0.2) is 65.6 Å². The Labute approximate surface area is 131 Å². The lowest BCUT2D eigenvalue weighted by Crippen LogP contribution is -2.45. The molecule has 22 heavy (non-hydrogen) atoms. The van der Waals surface area contributed by atoms with Crippen LogP contribution in [-0.2, 0) is 10.0 Å². The molecule has 0 bridgehead atoms. The highest BCUT2D eigenvalue weighted by Crippen LogP contribution is 2.22. The predicted molar refractivity (Wildman–Crippen MR) is 88.3 cm³/mol. The summed E-state index contributed by atoms with van der Waals surface area (Å²) in [5, 5.41) is 3.43. The highest BCUT2D eigenvalue weighted by molar-refractivity contribution is 7.89.